The first-order valence-electron chi connectivity index (χ1n) is 4.42. The van der Waals surface area contributed by atoms with Gasteiger partial charge >= 0.3 is 90.0 Å². The first kappa shape index (κ1) is 8.31. The van der Waals surface area contributed by atoms with Gasteiger partial charge in [-0.25, -0.2) is 0 Å². The van der Waals surface area contributed by atoms with Gasteiger partial charge in [0.25, 0.3) is 0 Å². The Morgan fingerprint density at radius 3 is 3.31 bits per heavy atom. The summed E-state index contributed by atoms with van der Waals surface area (Å²) in [4.78, 5) is 9.58. The van der Waals surface area contributed by atoms with Crippen molar-refractivity contribution in [3.63, 3.8) is 0 Å². The molecule has 1 saturated heterocycles. The normalized spacial score (nSPS) is 26.3. The standard InChI is InChI=1S/C9H10N2Se2/c1-2-8(12-4-1)7-6-11-3-5-13-9(11)10-7/h1-2,4,7H,3,5-6H2. The number of nitrogens with zero attached hydrogens (tertiary/aromatic N) is 2. The summed E-state index contributed by atoms with van der Waals surface area (Å²) in [5.74, 6) is 0. The number of fused-ring (bicyclic) bond motifs is 1. The fraction of sp³-hybridized carbons (Fsp3) is 0.444. The number of amidine groups is 1. The number of rotatable bonds is 1. The van der Waals surface area contributed by atoms with Crippen LogP contribution in [0.4, 0.5) is 0 Å². The van der Waals surface area contributed by atoms with Crippen LogP contribution in [0.1, 0.15) is 10.5 Å². The molecule has 2 aliphatic heterocycles. The van der Waals surface area contributed by atoms with Crippen LogP contribution >= 0.6 is 0 Å². The molecule has 0 saturated carbocycles. The predicted octanol–water partition coefficient (Wildman–Crippen LogP) is 0.592. The number of hydrogen-bond donors (Lipinski definition) is 0. The molecule has 1 atom stereocenters. The molecule has 0 radical (unpaired) electrons. The van der Waals surface area contributed by atoms with Gasteiger partial charge in [-0.3, -0.25) is 0 Å². The molecule has 1 aromatic rings. The topological polar surface area (TPSA) is 15.6 Å². The zero-order chi connectivity index (χ0) is 8.67. The van der Waals surface area contributed by atoms with Crippen molar-refractivity contribution in [2.45, 2.75) is 11.4 Å². The van der Waals surface area contributed by atoms with Crippen molar-refractivity contribution in [3.8, 4) is 0 Å². The molecule has 3 rings (SSSR count). The molecular formula is C9H10N2Se2. The molecule has 1 aromatic heterocycles. The molecule has 13 heavy (non-hydrogen) atoms. The minimum absolute atomic E-state index is 0.521. The van der Waals surface area contributed by atoms with E-state index in [0.717, 1.165) is 0 Å². The van der Waals surface area contributed by atoms with E-state index in [1.165, 1.54) is 23.1 Å². The second-order valence-electron chi connectivity index (χ2n) is 3.24. The first-order chi connectivity index (χ1) is 6.43. The van der Waals surface area contributed by atoms with Crippen LogP contribution in [0, 0.1) is 0 Å². The third-order valence-corrected chi connectivity index (χ3v) is 6.55. The molecule has 68 valence electrons. The average molecular weight is 304 g/mol. The van der Waals surface area contributed by atoms with Gasteiger partial charge in [0, 0.05) is 0 Å². The summed E-state index contributed by atoms with van der Waals surface area (Å²) in [6, 6.07) is 4.97. The van der Waals surface area contributed by atoms with E-state index in [1.807, 2.05) is 0 Å². The van der Waals surface area contributed by atoms with Crippen molar-refractivity contribution in [3.05, 3.63) is 21.5 Å². The van der Waals surface area contributed by atoms with E-state index in [9.17, 15) is 0 Å². The maximum atomic E-state index is 4.81. The van der Waals surface area contributed by atoms with E-state index in [4.69, 9.17) is 4.99 Å². The van der Waals surface area contributed by atoms with Crippen molar-refractivity contribution in [2.24, 2.45) is 4.99 Å². The van der Waals surface area contributed by atoms with Gasteiger partial charge in [-0.1, -0.05) is 0 Å². The van der Waals surface area contributed by atoms with Crippen molar-refractivity contribution >= 4 is 34.2 Å². The van der Waals surface area contributed by atoms with Gasteiger partial charge in [0.2, 0.25) is 0 Å². The van der Waals surface area contributed by atoms with E-state index in [0.29, 0.717) is 35.5 Å². The molecule has 0 bridgehead atoms. The molecule has 1 fully saturated rings. The zero-order valence-corrected chi connectivity index (χ0v) is 10.6. The van der Waals surface area contributed by atoms with E-state index in [-0.39, 0.29) is 0 Å². The SMILES string of the molecule is c1c[se]c(C2CN3CC[Se]C3=N2)c1. The van der Waals surface area contributed by atoms with E-state index in [1.54, 1.807) is 4.44 Å². The van der Waals surface area contributed by atoms with Gasteiger partial charge < -0.3 is 0 Å². The summed E-state index contributed by atoms with van der Waals surface area (Å²) < 4.78 is 3.01. The fourth-order valence-electron chi connectivity index (χ4n) is 1.74. The van der Waals surface area contributed by atoms with Crippen molar-refractivity contribution in [1.82, 2.24) is 4.90 Å². The first-order valence-corrected chi connectivity index (χ1v) is 8.34. The summed E-state index contributed by atoms with van der Waals surface area (Å²) in [7, 11) is 0. The summed E-state index contributed by atoms with van der Waals surface area (Å²) in [5, 5.41) is 1.38. The van der Waals surface area contributed by atoms with Crippen molar-refractivity contribution in [2.75, 3.05) is 13.1 Å². The summed E-state index contributed by atoms with van der Waals surface area (Å²) in [6.07, 6.45) is 0. The number of hydrogen-bond acceptors (Lipinski definition) is 2. The second-order valence-corrected chi connectivity index (χ2v) is 7.52. The average Bonchev–Trinajstić information content (AvgIpc) is 2.78. The maximum absolute atomic E-state index is 4.81. The van der Waals surface area contributed by atoms with Crippen LogP contribution in [0.3, 0.4) is 0 Å². The van der Waals surface area contributed by atoms with Crippen LogP contribution in [-0.4, -0.2) is 52.2 Å². The molecule has 0 amide bonds. The van der Waals surface area contributed by atoms with E-state index in [2.05, 4.69) is 22.0 Å². The molecule has 0 aromatic carbocycles. The van der Waals surface area contributed by atoms with Crippen LogP contribution in [0.2, 0.25) is 5.32 Å². The molecule has 4 heteroatoms. The third-order valence-electron chi connectivity index (χ3n) is 2.39. The Labute approximate surface area is 89.9 Å². The number of aliphatic imine (C=N–C) groups is 1. The monoisotopic (exact) mass is 306 g/mol. The second kappa shape index (κ2) is 3.29. The van der Waals surface area contributed by atoms with Crippen LogP contribution < -0.4 is 0 Å². The van der Waals surface area contributed by atoms with Gasteiger partial charge in [0.1, 0.15) is 0 Å². The van der Waals surface area contributed by atoms with Crippen LogP contribution in [0.15, 0.2) is 22.1 Å². The molecule has 0 spiro atoms. The third kappa shape index (κ3) is 1.42. The van der Waals surface area contributed by atoms with Crippen LogP contribution in [0.5, 0.6) is 0 Å². The summed E-state index contributed by atoms with van der Waals surface area (Å²) in [6.45, 7) is 2.44. The van der Waals surface area contributed by atoms with Crippen LogP contribution in [-0.2, 0) is 0 Å². The minimum atomic E-state index is 0.521. The molecule has 1 unspecified atom stereocenters. The predicted molar refractivity (Wildman–Crippen MR) is 55.7 cm³/mol. The Hall–Kier alpha value is -0.0110. The van der Waals surface area contributed by atoms with Gasteiger partial charge in [-0.15, -0.1) is 0 Å². The van der Waals surface area contributed by atoms with Gasteiger partial charge in [0.15, 0.2) is 0 Å². The summed E-state index contributed by atoms with van der Waals surface area (Å²) >= 11 is 1.29. The van der Waals surface area contributed by atoms with Gasteiger partial charge in [-0.2, -0.15) is 0 Å². The zero-order valence-electron chi connectivity index (χ0n) is 7.14. The molecule has 0 N–H and O–H groups in total. The van der Waals surface area contributed by atoms with Crippen molar-refractivity contribution < 1.29 is 0 Å². The Kier molecular flexibility index (Phi) is 2.10. The molecule has 3 heterocycles. The van der Waals surface area contributed by atoms with Gasteiger partial charge in [-0.05, 0) is 0 Å². The van der Waals surface area contributed by atoms with Crippen LogP contribution in [0.25, 0.3) is 0 Å². The Balaban J connectivity index is 1.87. The molecule has 2 nitrogen and oxygen atoms in total. The summed E-state index contributed by atoms with van der Waals surface area (Å²) in [5.41, 5.74) is 0. The van der Waals surface area contributed by atoms with E-state index < -0.39 is 0 Å². The molecular weight excluding hydrogens is 294 g/mol. The fourth-order valence-corrected chi connectivity index (χ4v) is 5.52. The Morgan fingerprint density at radius 2 is 2.54 bits per heavy atom. The van der Waals surface area contributed by atoms with Gasteiger partial charge in [0.05, 0.1) is 0 Å². The van der Waals surface area contributed by atoms with E-state index >= 15 is 0 Å². The van der Waals surface area contributed by atoms with Crippen molar-refractivity contribution in [1.29, 1.82) is 0 Å². The molecule has 2 aliphatic rings. The Bertz CT molecular complexity index is 331. The quantitative estimate of drug-likeness (QED) is 0.694. The Morgan fingerprint density at radius 1 is 1.54 bits per heavy atom. The molecule has 0 aliphatic carbocycles.